The quantitative estimate of drug-likeness (QED) is 0.794. The number of nitrogens with one attached hydrogen (secondary N) is 1. The lowest BCUT2D eigenvalue weighted by Crippen LogP contribution is -2.31. The van der Waals surface area contributed by atoms with Crippen molar-refractivity contribution >= 4 is 17.4 Å². The third kappa shape index (κ3) is 3.51. The predicted molar refractivity (Wildman–Crippen MR) is 65.8 cm³/mol. The van der Waals surface area contributed by atoms with E-state index in [1.54, 1.807) is 0 Å². The highest BCUT2D eigenvalue weighted by Gasteiger charge is 2.27. The van der Waals surface area contributed by atoms with Gasteiger partial charge in [0.1, 0.15) is 0 Å². The molecule has 0 spiro atoms. The van der Waals surface area contributed by atoms with Gasteiger partial charge in [-0.15, -0.1) is 0 Å². The summed E-state index contributed by atoms with van der Waals surface area (Å²) in [4.78, 5) is 9.75. The second kappa shape index (κ2) is 5.60. The van der Waals surface area contributed by atoms with Crippen LogP contribution in [0.3, 0.4) is 0 Å². The lowest BCUT2D eigenvalue weighted by atomic mass is 10.4. The molecule has 0 saturated heterocycles. The van der Waals surface area contributed by atoms with Crippen molar-refractivity contribution in [2.24, 2.45) is 0 Å². The maximum absolute atomic E-state index is 13.3. The summed E-state index contributed by atoms with van der Waals surface area (Å²) >= 11 is 5.61. The molecule has 1 aromatic rings. The molecule has 1 fully saturated rings. The Balaban J connectivity index is 1.82. The molecule has 1 N–H and O–H groups in total. The maximum atomic E-state index is 13.3. The van der Waals surface area contributed by atoms with Crippen molar-refractivity contribution in [1.82, 2.24) is 14.9 Å². The second-order valence-electron chi connectivity index (χ2n) is 4.12. The number of rotatable bonds is 6. The van der Waals surface area contributed by atoms with E-state index in [1.165, 1.54) is 12.8 Å². The lowest BCUT2D eigenvalue weighted by Gasteiger charge is -2.19. The Hall–Kier alpha value is -0.940. The Labute approximate surface area is 105 Å². The van der Waals surface area contributed by atoms with Crippen molar-refractivity contribution in [1.29, 1.82) is 0 Å². The molecule has 17 heavy (non-hydrogen) atoms. The van der Waals surface area contributed by atoms with Gasteiger partial charge in [-0.3, -0.25) is 4.90 Å². The molecule has 94 valence electrons. The standard InChI is InChI=1S/C11H16ClFN4/c1-2-17(8-3-4-8)6-5-14-10-9(13)7-15-11(12)16-10/h7-8H,2-6H2,1H3,(H,14,15,16). The first-order valence-electron chi connectivity index (χ1n) is 5.86. The number of nitrogens with zero attached hydrogens (tertiary/aromatic N) is 3. The Morgan fingerprint density at radius 2 is 2.35 bits per heavy atom. The average Bonchev–Trinajstić information content (AvgIpc) is 3.13. The van der Waals surface area contributed by atoms with E-state index in [1.807, 2.05) is 0 Å². The molecule has 0 aromatic carbocycles. The van der Waals surface area contributed by atoms with Gasteiger partial charge >= 0.3 is 0 Å². The number of halogens is 2. The van der Waals surface area contributed by atoms with Crippen molar-refractivity contribution in [3.05, 3.63) is 17.3 Å². The molecule has 0 bridgehead atoms. The Morgan fingerprint density at radius 1 is 1.59 bits per heavy atom. The SMILES string of the molecule is CCN(CCNc1nc(Cl)ncc1F)C1CC1. The van der Waals surface area contributed by atoms with Crippen LogP contribution in [0.25, 0.3) is 0 Å². The minimum Gasteiger partial charge on any atom is -0.366 e. The number of likely N-dealkylation sites (N-methyl/N-ethyl adjacent to an activating group) is 1. The van der Waals surface area contributed by atoms with E-state index in [-0.39, 0.29) is 11.1 Å². The van der Waals surface area contributed by atoms with Crippen LogP contribution >= 0.6 is 11.6 Å². The van der Waals surface area contributed by atoms with E-state index >= 15 is 0 Å². The summed E-state index contributed by atoms with van der Waals surface area (Å²) in [6.07, 6.45) is 3.64. The van der Waals surface area contributed by atoms with Crippen LogP contribution in [0, 0.1) is 5.82 Å². The third-order valence-electron chi connectivity index (χ3n) is 2.88. The Kier molecular flexibility index (Phi) is 4.12. The highest BCUT2D eigenvalue weighted by Crippen LogP contribution is 2.26. The van der Waals surface area contributed by atoms with Gasteiger partial charge in [0.25, 0.3) is 0 Å². The van der Waals surface area contributed by atoms with Crippen LogP contribution in [0.2, 0.25) is 5.28 Å². The van der Waals surface area contributed by atoms with Crippen LogP contribution in [-0.4, -0.2) is 40.5 Å². The molecular formula is C11H16ClFN4. The summed E-state index contributed by atoms with van der Waals surface area (Å²) in [6, 6.07) is 0.723. The van der Waals surface area contributed by atoms with Crippen molar-refractivity contribution in [3.63, 3.8) is 0 Å². The first-order chi connectivity index (χ1) is 8.20. The Bertz CT molecular complexity index is 384. The molecule has 6 heteroatoms. The first kappa shape index (κ1) is 12.5. The van der Waals surface area contributed by atoms with Crippen LogP contribution in [0.15, 0.2) is 6.20 Å². The summed E-state index contributed by atoms with van der Waals surface area (Å²) < 4.78 is 13.3. The summed E-state index contributed by atoms with van der Waals surface area (Å²) in [5.74, 6) is -0.291. The van der Waals surface area contributed by atoms with E-state index < -0.39 is 5.82 Å². The van der Waals surface area contributed by atoms with Gasteiger partial charge in [-0.05, 0) is 31.0 Å². The zero-order valence-corrected chi connectivity index (χ0v) is 10.5. The minimum absolute atomic E-state index is 0.0587. The number of hydrogen-bond acceptors (Lipinski definition) is 4. The first-order valence-corrected chi connectivity index (χ1v) is 6.24. The van der Waals surface area contributed by atoms with Gasteiger partial charge in [-0.25, -0.2) is 9.37 Å². The van der Waals surface area contributed by atoms with E-state index in [4.69, 9.17) is 11.6 Å². The van der Waals surface area contributed by atoms with Crippen molar-refractivity contribution < 1.29 is 4.39 Å². The second-order valence-corrected chi connectivity index (χ2v) is 4.46. The molecule has 0 radical (unpaired) electrons. The van der Waals surface area contributed by atoms with E-state index in [2.05, 4.69) is 27.1 Å². The van der Waals surface area contributed by atoms with Crippen molar-refractivity contribution in [3.8, 4) is 0 Å². The normalized spacial score (nSPS) is 15.3. The summed E-state index contributed by atoms with van der Waals surface area (Å²) in [5, 5.41) is 3.01. The van der Waals surface area contributed by atoms with E-state index in [0.717, 1.165) is 25.3 Å². The summed E-state index contributed by atoms with van der Waals surface area (Å²) in [7, 11) is 0. The van der Waals surface area contributed by atoms with Gasteiger partial charge in [-0.1, -0.05) is 6.92 Å². The molecule has 4 nitrogen and oxygen atoms in total. The number of anilines is 1. The molecule has 1 aliphatic carbocycles. The van der Waals surface area contributed by atoms with Gasteiger partial charge < -0.3 is 5.32 Å². The van der Waals surface area contributed by atoms with Gasteiger partial charge in [0.15, 0.2) is 11.6 Å². The predicted octanol–water partition coefficient (Wildman–Crippen LogP) is 2.17. The van der Waals surface area contributed by atoms with Crippen LogP contribution in [0.1, 0.15) is 19.8 Å². The summed E-state index contributed by atoms with van der Waals surface area (Å²) in [6.45, 7) is 4.72. The van der Waals surface area contributed by atoms with Crippen molar-refractivity contribution in [2.75, 3.05) is 25.0 Å². The molecule has 1 heterocycles. The van der Waals surface area contributed by atoms with Crippen LogP contribution < -0.4 is 5.32 Å². The molecule has 0 aliphatic heterocycles. The van der Waals surface area contributed by atoms with Crippen LogP contribution in [0.4, 0.5) is 10.2 Å². The smallest absolute Gasteiger partial charge is 0.224 e. The highest BCUT2D eigenvalue weighted by molar-refractivity contribution is 6.28. The molecule has 2 rings (SSSR count). The molecule has 0 amide bonds. The molecular weight excluding hydrogens is 243 g/mol. The highest BCUT2D eigenvalue weighted by atomic mass is 35.5. The molecule has 0 atom stereocenters. The largest absolute Gasteiger partial charge is 0.366 e. The summed E-state index contributed by atoms with van der Waals surface area (Å²) in [5.41, 5.74) is 0. The average molecular weight is 259 g/mol. The Morgan fingerprint density at radius 3 is 3.00 bits per heavy atom. The molecule has 1 aliphatic rings. The topological polar surface area (TPSA) is 41.0 Å². The van der Waals surface area contributed by atoms with Gasteiger partial charge in [0.05, 0.1) is 6.20 Å². The zero-order valence-electron chi connectivity index (χ0n) is 9.79. The lowest BCUT2D eigenvalue weighted by molar-refractivity contribution is 0.288. The number of aromatic nitrogens is 2. The number of hydrogen-bond donors (Lipinski definition) is 1. The molecule has 1 saturated carbocycles. The van der Waals surface area contributed by atoms with Crippen LogP contribution in [-0.2, 0) is 0 Å². The molecule has 0 unspecified atom stereocenters. The fourth-order valence-corrected chi connectivity index (χ4v) is 1.96. The fourth-order valence-electron chi connectivity index (χ4n) is 1.83. The van der Waals surface area contributed by atoms with Crippen molar-refractivity contribution in [2.45, 2.75) is 25.8 Å². The molecule has 1 aromatic heterocycles. The van der Waals surface area contributed by atoms with E-state index in [9.17, 15) is 4.39 Å². The van der Waals surface area contributed by atoms with Gasteiger partial charge in [0, 0.05) is 19.1 Å². The van der Waals surface area contributed by atoms with E-state index in [0.29, 0.717) is 6.54 Å². The maximum Gasteiger partial charge on any atom is 0.224 e. The fraction of sp³-hybridized carbons (Fsp3) is 0.636. The van der Waals surface area contributed by atoms with Crippen LogP contribution in [0.5, 0.6) is 0 Å². The zero-order chi connectivity index (χ0) is 12.3. The van der Waals surface area contributed by atoms with Gasteiger partial charge in [-0.2, -0.15) is 4.98 Å². The monoisotopic (exact) mass is 258 g/mol. The minimum atomic E-state index is -0.469. The van der Waals surface area contributed by atoms with Gasteiger partial charge in [0.2, 0.25) is 5.28 Å². The third-order valence-corrected chi connectivity index (χ3v) is 3.06.